The lowest BCUT2D eigenvalue weighted by Crippen LogP contribution is -2.62. The third-order valence-corrected chi connectivity index (χ3v) is 11.7. The van der Waals surface area contributed by atoms with E-state index in [1.54, 1.807) is 20.4 Å². The molecule has 4 atom stereocenters. The number of carbonyl (C=O) groups excluding carboxylic acids is 4. The molecule has 1 aromatic carbocycles. The number of amides is 3. The van der Waals surface area contributed by atoms with Gasteiger partial charge in [-0.2, -0.15) is 0 Å². The molecule has 0 spiro atoms. The van der Waals surface area contributed by atoms with Crippen LogP contribution in [0.15, 0.2) is 41.9 Å². The highest BCUT2D eigenvalue weighted by Crippen LogP contribution is 2.41. The van der Waals surface area contributed by atoms with E-state index in [2.05, 4.69) is 60.5 Å². The van der Waals surface area contributed by atoms with Gasteiger partial charge in [-0.1, -0.05) is 33.8 Å². The molecule has 0 aliphatic carbocycles. The van der Waals surface area contributed by atoms with Gasteiger partial charge in [-0.05, 0) is 61.9 Å². The van der Waals surface area contributed by atoms with Gasteiger partial charge in [0.05, 0.1) is 34.8 Å². The number of hydrogen-bond donors (Lipinski definition) is 2. The van der Waals surface area contributed by atoms with Gasteiger partial charge in [-0.3, -0.25) is 29.2 Å². The smallest absolute Gasteiger partial charge is 0.324 e. The summed E-state index contributed by atoms with van der Waals surface area (Å²) in [7, 11) is 5.32. The highest BCUT2D eigenvalue weighted by Gasteiger charge is 2.37. The number of fused-ring (bicyclic) bond motifs is 6. The van der Waals surface area contributed by atoms with Crippen LogP contribution < -0.4 is 10.7 Å². The lowest BCUT2D eigenvalue weighted by atomic mass is 9.84. The van der Waals surface area contributed by atoms with Crippen LogP contribution in [0.3, 0.4) is 0 Å². The molecule has 1 saturated heterocycles. The zero-order chi connectivity index (χ0) is 39.8. The second-order valence-electron chi connectivity index (χ2n) is 15.9. The third-order valence-electron chi connectivity index (χ3n) is 10.8. The Labute approximate surface area is 326 Å². The average Bonchev–Trinajstić information content (AvgIpc) is 3.73. The normalized spacial score (nSPS) is 20.1. The molecule has 0 unspecified atom stereocenters. The highest BCUT2D eigenvalue weighted by molar-refractivity contribution is 7.10. The van der Waals surface area contributed by atoms with E-state index in [9.17, 15) is 19.2 Å². The van der Waals surface area contributed by atoms with Crippen LogP contribution >= 0.6 is 11.3 Å². The number of ether oxygens (including phenoxy) is 2. The fraction of sp³-hybridized carbons (Fsp3) is 0.512. The number of nitrogens with zero attached hydrogens (tertiary/aromatic N) is 5. The maximum absolute atomic E-state index is 14.3. The molecule has 13 nitrogen and oxygen atoms in total. The SMILES string of the molecule is CO[C@@H](C)c1ncccc1-c1c2c3cc(ccc3n1C)-c1csc(n1)C[C@H](NC(=O)[C@H](C(C)C)N(C)C(C)=O)C(=O)N1CCC[C@H](N1)C(=O)OCC(C)(C)C2. The van der Waals surface area contributed by atoms with Gasteiger partial charge < -0.3 is 24.3 Å². The molecule has 2 aliphatic rings. The Hall–Kier alpha value is -4.66. The Balaban J connectivity index is 1.47. The first-order chi connectivity index (χ1) is 26.1. The maximum atomic E-state index is 14.3. The first-order valence-electron chi connectivity index (χ1n) is 18.9. The van der Waals surface area contributed by atoms with Gasteiger partial charge in [0, 0.05) is 80.1 Å². The second kappa shape index (κ2) is 16.2. The summed E-state index contributed by atoms with van der Waals surface area (Å²) >= 11 is 1.42. The lowest BCUT2D eigenvalue weighted by Gasteiger charge is -2.36. The van der Waals surface area contributed by atoms with Gasteiger partial charge in [-0.25, -0.2) is 10.4 Å². The van der Waals surface area contributed by atoms with Crippen molar-refractivity contribution in [1.29, 1.82) is 0 Å². The quantitative estimate of drug-likeness (QED) is 0.242. The molecule has 294 valence electrons. The number of methoxy groups -OCH3 is 1. The molecule has 14 heteroatoms. The van der Waals surface area contributed by atoms with Crippen LogP contribution in [0.2, 0.25) is 0 Å². The van der Waals surface area contributed by atoms with E-state index in [1.165, 1.54) is 28.2 Å². The Morgan fingerprint density at radius 3 is 2.65 bits per heavy atom. The van der Waals surface area contributed by atoms with Crippen LogP contribution in [-0.2, 0) is 48.5 Å². The molecule has 0 saturated carbocycles. The molecule has 5 heterocycles. The molecule has 4 aromatic rings. The summed E-state index contributed by atoms with van der Waals surface area (Å²) in [4.78, 5) is 65.2. The minimum absolute atomic E-state index is 0.121. The van der Waals surface area contributed by atoms with Crippen molar-refractivity contribution in [3.05, 3.63) is 58.2 Å². The minimum atomic E-state index is -1.01. The number of hydrogen-bond acceptors (Lipinski definition) is 10. The molecule has 3 aromatic heterocycles. The number of rotatable bonds is 7. The Bertz CT molecular complexity index is 2090. The number of nitrogens with one attached hydrogen (secondary N) is 2. The topological polar surface area (TPSA) is 148 Å². The van der Waals surface area contributed by atoms with Gasteiger partial charge in [0.15, 0.2) is 0 Å². The van der Waals surface area contributed by atoms with Crippen molar-refractivity contribution >= 4 is 45.9 Å². The Morgan fingerprint density at radius 2 is 1.95 bits per heavy atom. The van der Waals surface area contributed by atoms with E-state index in [4.69, 9.17) is 19.4 Å². The molecule has 6 bridgehead atoms. The van der Waals surface area contributed by atoms with Crippen molar-refractivity contribution in [3.8, 4) is 22.5 Å². The predicted octanol–water partition coefficient (Wildman–Crippen LogP) is 5.22. The number of carbonyl (C=O) groups is 4. The van der Waals surface area contributed by atoms with E-state index in [-0.39, 0.29) is 31.0 Å². The van der Waals surface area contributed by atoms with Gasteiger partial charge in [-0.15, -0.1) is 11.3 Å². The number of hydrazine groups is 1. The summed E-state index contributed by atoms with van der Waals surface area (Å²) < 4.78 is 14.0. The number of pyridine rings is 1. The van der Waals surface area contributed by atoms with Crippen molar-refractivity contribution < 1.29 is 28.7 Å². The minimum Gasteiger partial charge on any atom is -0.464 e. The molecule has 3 amide bonds. The maximum Gasteiger partial charge on any atom is 0.324 e. The molecule has 1 fully saturated rings. The second-order valence-corrected chi connectivity index (χ2v) is 16.8. The zero-order valence-corrected chi connectivity index (χ0v) is 34.1. The number of aromatic nitrogens is 3. The Kier molecular flexibility index (Phi) is 11.8. The number of thiazole rings is 1. The lowest BCUT2D eigenvalue weighted by molar-refractivity contribution is -0.155. The number of likely N-dealkylation sites (N-methyl/N-ethyl adjacent to an activating group) is 1. The van der Waals surface area contributed by atoms with Gasteiger partial charge in [0.2, 0.25) is 11.8 Å². The zero-order valence-electron chi connectivity index (χ0n) is 33.3. The van der Waals surface area contributed by atoms with Crippen LogP contribution in [0.4, 0.5) is 0 Å². The standard InChI is InChI=1S/C41H53N7O6S/c1-23(2)36(46(7)25(4)49)38(50)44-31-19-34-43-32(21-55-34)26-14-15-33-28(18-26)29(37(47(33)8)27-12-10-16-42-35(27)24(3)53-9)20-41(5,6)22-54-40(52)30-13-11-17-48(45-30)39(31)51/h10,12,14-16,18,21,23-24,30-31,36,45H,11,13,17,19-20,22H2,1-9H3,(H,44,50)/t24-,30-,31-,36-/m0/s1. The van der Waals surface area contributed by atoms with E-state index < -0.39 is 41.3 Å². The van der Waals surface area contributed by atoms with Crippen molar-refractivity contribution in [3.63, 3.8) is 0 Å². The van der Waals surface area contributed by atoms with Crippen molar-refractivity contribution in [2.24, 2.45) is 18.4 Å². The molecule has 2 aliphatic heterocycles. The van der Waals surface area contributed by atoms with E-state index >= 15 is 0 Å². The van der Waals surface area contributed by atoms with Crippen molar-refractivity contribution in [2.75, 3.05) is 27.3 Å². The highest BCUT2D eigenvalue weighted by atomic mass is 32.1. The predicted molar refractivity (Wildman–Crippen MR) is 212 cm³/mol. The summed E-state index contributed by atoms with van der Waals surface area (Å²) in [5.74, 6) is -1.73. The number of cyclic esters (lactones) is 1. The fourth-order valence-corrected chi connectivity index (χ4v) is 8.60. The molecular weight excluding hydrogens is 719 g/mol. The van der Waals surface area contributed by atoms with Gasteiger partial charge in [0.25, 0.3) is 5.91 Å². The van der Waals surface area contributed by atoms with Crippen LogP contribution in [0, 0.1) is 11.3 Å². The van der Waals surface area contributed by atoms with Crippen LogP contribution in [0.1, 0.15) is 76.8 Å². The molecule has 2 N–H and O–H groups in total. The molecule has 0 radical (unpaired) electrons. The van der Waals surface area contributed by atoms with Crippen molar-refractivity contribution in [1.82, 2.24) is 35.2 Å². The number of aryl methyl sites for hydroxylation is 1. The fourth-order valence-electron chi connectivity index (χ4n) is 7.75. The molecule has 6 rings (SSSR count). The first kappa shape index (κ1) is 40.0. The van der Waals surface area contributed by atoms with Crippen LogP contribution in [0.5, 0.6) is 0 Å². The van der Waals surface area contributed by atoms with Crippen LogP contribution in [0.25, 0.3) is 33.4 Å². The average molecular weight is 772 g/mol. The molecule has 55 heavy (non-hydrogen) atoms. The number of esters is 1. The summed E-state index contributed by atoms with van der Waals surface area (Å²) in [6.07, 6.45) is 3.31. The third kappa shape index (κ3) is 8.31. The summed E-state index contributed by atoms with van der Waals surface area (Å²) in [5.41, 5.74) is 9.24. The molecular formula is C41H53N7O6S. The van der Waals surface area contributed by atoms with Gasteiger partial charge >= 0.3 is 5.97 Å². The number of benzene rings is 1. The van der Waals surface area contributed by atoms with E-state index in [0.29, 0.717) is 30.8 Å². The first-order valence-corrected chi connectivity index (χ1v) is 19.8. The van der Waals surface area contributed by atoms with Crippen LogP contribution in [-0.4, -0.2) is 93.6 Å². The summed E-state index contributed by atoms with van der Waals surface area (Å²) in [6.45, 7) is 11.8. The summed E-state index contributed by atoms with van der Waals surface area (Å²) in [5, 5.41) is 8.06. The van der Waals surface area contributed by atoms with E-state index in [1.807, 2.05) is 32.2 Å². The van der Waals surface area contributed by atoms with E-state index in [0.717, 1.165) is 44.7 Å². The largest absolute Gasteiger partial charge is 0.464 e. The van der Waals surface area contributed by atoms with Gasteiger partial charge in [0.1, 0.15) is 18.1 Å². The van der Waals surface area contributed by atoms with Crippen molar-refractivity contribution in [2.45, 2.75) is 91.5 Å². The Morgan fingerprint density at radius 1 is 1.18 bits per heavy atom. The monoisotopic (exact) mass is 771 g/mol. The summed E-state index contributed by atoms with van der Waals surface area (Å²) in [6, 6.07) is 7.78.